The molecule has 3 nitrogen and oxygen atoms in total. The molecule has 0 amide bonds. The molecule has 0 saturated carbocycles. The highest BCUT2D eigenvalue weighted by Gasteiger charge is 2.28. The monoisotopic (exact) mass is 252 g/mol. The van der Waals surface area contributed by atoms with Crippen molar-refractivity contribution in [3.63, 3.8) is 0 Å². The Balaban J connectivity index is 2.41. The zero-order valence-corrected chi connectivity index (χ0v) is 10.3. The Labute approximate surface area is 105 Å². The minimum absolute atomic E-state index is 0.0114. The molecule has 1 aliphatic rings. The van der Waals surface area contributed by atoms with Crippen molar-refractivity contribution in [2.45, 2.75) is 26.0 Å². The van der Waals surface area contributed by atoms with Crippen molar-refractivity contribution in [3.8, 4) is 6.07 Å². The largest absolute Gasteiger partial charge is 0.375 e. The summed E-state index contributed by atoms with van der Waals surface area (Å²) in [4.78, 5) is 1.65. The zero-order valence-electron chi connectivity index (χ0n) is 10.3. The Kier molecular flexibility index (Phi) is 3.48. The van der Waals surface area contributed by atoms with Gasteiger partial charge in [-0.25, -0.2) is 8.78 Å². The maximum atomic E-state index is 13.9. The molecule has 1 aliphatic heterocycles. The molecule has 96 valence electrons. The first-order valence-corrected chi connectivity index (χ1v) is 5.80. The second kappa shape index (κ2) is 4.91. The van der Waals surface area contributed by atoms with Crippen LogP contribution in [0.2, 0.25) is 0 Å². The first-order valence-electron chi connectivity index (χ1n) is 5.80. The molecule has 5 heteroatoms. The average Bonchev–Trinajstić information content (AvgIpc) is 2.32. The van der Waals surface area contributed by atoms with Crippen LogP contribution in [0.5, 0.6) is 0 Å². The number of morpholine rings is 1. The van der Waals surface area contributed by atoms with Gasteiger partial charge in [0.2, 0.25) is 0 Å². The van der Waals surface area contributed by atoms with Crippen LogP contribution in [-0.2, 0) is 4.74 Å². The molecule has 1 heterocycles. The van der Waals surface area contributed by atoms with Gasteiger partial charge < -0.3 is 9.64 Å². The van der Waals surface area contributed by atoms with Gasteiger partial charge in [-0.3, -0.25) is 0 Å². The van der Waals surface area contributed by atoms with Gasteiger partial charge in [0, 0.05) is 12.6 Å². The van der Waals surface area contributed by atoms with Gasteiger partial charge in [0.15, 0.2) is 11.6 Å². The highest BCUT2D eigenvalue weighted by molar-refractivity contribution is 5.53. The molecular formula is C13H14F2N2O. The number of halogens is 2. The van der Waals surface area contributed by atoms with Gasteiger partial charge in [0.25, 0.3) is 0 Å². The van der Waals surface area contributed by atoms with Gasteiger partial charge in [-0.1, -0.05) is 0 Å². The maximum Gasteiger partial charge on any atom is 0.150 e. The Bertz CT molecular complexity index is 475. The Morgan fingerprint density at radius 3 is 2.50 bits per heavy atom. The number of rotatable bonds is 1. The van der Waals surface area contributed by atoms with Crippen molar-refractivity contribution in [2.75, 3.05) is 18.1 Å². The topological polar surface area (TPSA) is 36.3 Å². The molecule has 2 unspecified atom stereocenters. The quantitative estimate of drug-likeness (QED) is 0.770. The molecular weight excluding hydrogens is 238 g/mol. The van der Waals surface area contributed by atoms with Crippen molar-refractivity contribution >= 4 is 5.69 Å². The number of anilines is 1. The lowest BCUT2D eigenvalue weighted by Gasteiger charge is -2.38. The second-order valence-corrected chi connectivity index (χ2v) is 4.55. The van der Waals surface area contributed by atoms with Gasteiger partial charge in [-0.15, -0.1) is 0 Å². The first-order chi connectivity index (χ1) is 8.52. The van der Waals surface area contributed by atoms with E-state index in [1.807, 2.05) is 13.8 Å². The summed E-state index contributed by atoms with van der Waals surface area (Å²) in [6, 6.07) is 3.76. The third kappa shape index (κ3) is 2.29. The van der Waals surface area contributed by atoms with Crippen LogP contribution >= 0.6 is 0 Å². The Hall–Kier alpha value is -1.67. The van der Waals surface area contributed by atoms with Gasteiger partial charge in [0.05, 0.1) is 24.3 Å². The molecule has 0 N–H and O–H groups in total. The van der Waals surface area contributed by atoms with Crippen molar-refractivity contribution in [3.05, 3.63) is 29.3 Å². The van der Waals surface area contributed by atoms with Crippen molar-refractivity contribution in [2.24, 2.45) is 0 Å². The highest BCUT2D eigenvalue weighted by atomic mass is 19.1. The molecule has 1 saturated heterocycles. The first kappa shape index (κ1) is 12.8. The summed E-state index contributed by atoms with van der Waals surface area (Å²) in [7, 11) is 0. The molecule has 2 atom stereocenters. The summed E-state index contributed by atoms with van der Waals surface area (Å²) < 4.78 is 33.2. The Morgan fingerprint density at radius 1 is 1.33 bits per heavy atom. The fourth-order valence-corrected chi connectivity index (χ4v) is 2.12. The van der Waals surface area contributed by atoms with Crippen LogP contribution in [0.4, 0.5) is 14.5 Å². The molecule has 2 rings (SSSR count). The van der Waals surface area contributed by atoms with E-state index in [9.17, 15) is 8.78 Å². The third-order valence-corrected chi connectivity index (χ3v) is 3.04. The fraction of sp³-hybridized carbons (Fsp3) is 0.462. The van der Waals surface area contributed by atoms with Crippen molar-refractivity contribution in [1.82, 2.24) is 0 Å². The summed E-state index contributed by atoms with van der Waals surface area (Å²) in [5.41, 5.74) is -0.0839. The number of benzene rings is 1. The van der Waals surface area contributed by atoms with Crippen LogP contribution in [0.1, 0.15) is 19.4 Å². The van der Waals surface area contributed by atoms with Gasteiger partial charge in [0.1, 0.15) is 5.69 Å². The highest BCUT2D eigenvalue weighted by Crippen LogP contribution is 2.28. The molecule has 0 aromatic heterocycles. The summed E-state index contributed by atoms with van der Waals surface area (Å²) in [6.07, 6.45) is -0.0735. The van der Waals surface area contributed by atoms with E-state index in [2.05, 4.69) is 0 Å². The fourth-order valence-electron chi connectivity index (χ4n) is 2.12. The van der Waals surface area contributed by atoms with Crippen LogP contribution in [-0.4, -0.2) is 25.3 Å². The maximum absolute atomic E-state index is 13.9. The summed E-state index contributed by atoms with van der Waals surface area (Å²) in [6.45, 7) is 4.57. The van der Waals surface area contributed by atoms with E-state index in [0.29, 0.717) is 13.2 Å². The molecule has 1 aromatic carbocycles. The minimum Gasteiger partial charge on any atom is -0.375 e. The molecule has 0 aliphatic carbocycles. The van der Waals surface area contributed by atoms with Crippen LogP contribution in [0.3, 0.4) is 0 Å². The summed E-state index contributed by atoms with van der Waals surface area (Å²) in [5.74, 6) is -1.40. The predicted octanol–water partition coefficient (Wildman–Crippen LogP) is 2.45. The van der Waals surface area contributed by atoms with Crippen LogP contribution < -0.4 is 4.90 Å². The number of nitriles is 1. The third-order valence-electron chi connectivity index (χ3n) is 3.04. The van der Waals surface area contributed by atoms with E-state index < -0.39 is 11.6 Å². The van der Waals surface area contributed by atoms with Crippen LogP contribution in [0.25, 0.3) is 0 Å². The zero-order chi connectivity index (χ0) is 13.3. The lowest BCUT2D eigenvalue weighted by Crippen LogP contribution is -2.48. The van der Waals surface area contributed by atoms with E-state index in [0.717, 1.165) is 12.1 Å². The van der Waals surface area contributed by atoms with E-state index in [1.165, 1.54) is 0 Å². The smallest absolute Gasteiger partial charge is 0.150 e. The standard InChI is InChI=1S/C13H14F2N2O/c1-8-7-18-9(2)6-17(8)13-11(14)3-10(5-16)4-12(13)15/h3-4,8-9H,6-7H2,1-2H3. The number of hydrogen-bond acceptors (Lipinski definition) is 3. The van der Waals surface area contributed by atoms with Crippen molar-refractivity contribution in [1.29, 1.82) is 5.26 Å². The summed E-state index contributed by atoms with van der Waals surface area (Å²) >= 11 is 0. The molecule has 0 radical (unpaired) electrons. The Morgan fingerprint density at radius 2 is 1.94 bits per heavy atom. The predicted molar refractivity (Wildman–Crippen MR) is 63.3 cm³/mol. The summed E-state index contributed by atoms with van der Waals surface area (Å²) in [5, 5.41) is 8.66. The molecule has 1 aromatic rings. The van der Waals surface area contributed by atoms with Crippen molar-refractivity contribution < 1.29 is 13.5 Å². The van der Waals surface area contributed by atoms with E-state index in [4.69, 9.17) is 10.00 Å². The lowest BCUT2D eigenvalue weighted by molar-refractivity contribution is 0.0338. The molecule has 1 fully saturated rings. The number of hydrogen-bond donors (Lipinski definition) is 0. The number of ether oxygens (including phenoxy) is 1. The SMILES string of the molecule is CC1CN(c2c(F)cc(C#N)cc2F)C(C)CO1. The van der Waals surface area contributed by atoms with Gasteiger partial charge in [-0.2, -0.15) is 5.26 Å². The molecule has 18 heavy (non-hydrogen) atoms. The normalized spacial score (nSPS) is 23.8. The van der Waals surface area contributed by atoms with E-state index in [-0.39, 0.29) is 23.4 Å². The minimum atomic E-state index is -0.701. The average molecular weight is 252 g/mol. The van der Waals surface area contributed by atoms with E-state index in [1.54, 1.807) is 11.0 Å². The molecule has 0 spiro atoms. The number of nitrogens with zero attached hydrogens (tertiary/aromatic N) is 2. The van der Waals surface area contributed by atoms with E-state index >= 15 is 0 Å². The molecule has 0 bridgehead atoms. The van der Waals surface area contributed by atoms with Crippen LogP contribution in [0, 0.1) is 23.0 Å². The van der Waals surface area contributed by atoms with Gasteiger partial charge >= 0.3 is 0 Å². The van der Waals surface area contributed by atoms with Gasteiger partial charge in [-0.05, 0) is 26.0 Å². The lowest BCUT2D eigenvalue weighted by atomic mass is 10.1. The second-order valence-electron chi connectivity index (χ2n) is 4.55. The van der Waals surface area contributed by atoms with Crippen LogP contribution in [0.15, 0.2) is 12.1 Å².